The van der Waals surface area contributed by atoms with Crippen LogP contribution < -0.4 is 10.6 Å². The molecule has 0 fully saturated rings. The summed E-state index contributed by atoms with van der Waals surface area (Å²) in [5.74, 6) is -0.170. The van der Waals surface area contributed by atoms with Crippen molar-refractivity contribution in [1.29, 1.82) is 5.26 Å². The van der Waals surface area contributed by atoms with E-state index in [4.69, 9.17) is 5.26 Å². The Morgan fingerprint density at radius 2 is 2.28 bits per heavy atom. The van der Waals surface area contributed by atoms with Crippen molar-refractivity contribution in [3.05, 3.63) is 35.4 Å². The first-order valence-corrected chi connectivity index (χ1v) is 6.18. The predicted octanol–water partition coefficient (Wildman–Crippen LogP) is 0.977. The second kappa shape index (κ2) is 5.65. The fourth-order valence-corrected chi connectivity index (χ4v) is 2.06. The van der Waals surface area contributed by atoms with Crippen LogP contribution >= 0.6 is 0 Å². The average Bonchev–Trinajstić information content (AvgIpc) is 2.43. The van der Waals surface area contributed by atoms with Gasteiger partial charge in [0, 0.05) is 13.1 Å². The van der Waals surface area contributed by atoms with Crippen molar-refractivity contribution in [2.24, 2.45) is 5.92 Å². The third-order valence-electron chi connectivity index (χ3n) is 3.20. The molecule has 0 spiro atoms. The van der Waals surface area contributed by atoms with E-state index in [1.165, 1.54) is 11.1 Å². The van der Waals surface area contributed by atoms with Gasteiger partial charge >= 0.3 is 0 Å². The molecule has 1 aliphatic heterocycles. The highest BCUT2D eigenvalue weighted by atomic mass is 16.2. The van der Waals surface area contributed by atoms with Crippen LogP contribution in [0.15, 0.2) is 24.3 Å². The quantitative estimate of drug-likeness (QED) is 0.831. The van der Waals surface area contributed by atoms with Gasteiger partial charge in [-0.15, -0.1) is 0 Å². The molecular formula is C14H17N3O. The first kappa shape index (κ1) is 12.6. The van der Waals surface area contributed by atoms with Crippen LogP contribution in [0.25, 0.3) is 0 Å². The van der Waals surface area contributed by atoms with E-state index >= 15 is 0 Å². The lowest BCUT2D eigenvalue weighted by molar-refractivity contribution is -0.123. The molecule has 94 valence electrons. The second-order valence-electron chi connectivity index (χ2n) is 4.68. The Morgan fingerprint density at radius 1 is 1.56 bits per heavy atom. The summed E-state index contributed by atoms with van der Waals surface area (Å²) in [5.41, 5.74) is 2.48. The van der Waals surface area contributed by atoms with E-state index in [0.717, 1.165) is 6.54 Å². The van der Waals surface area contributed by atoms with Gasteiger partial charge in [0.2, 0.25) is 5.91 Å². The summed E-state index contributed by atoms with van der Waals surface area (Å²) in [6.07, 6.45) is 0.711. The zero-order chi connectivity index (χ0) is 13.0. The smallest absolute Gasteiger partial charge is 0.237 e. The molecule has 1 amide bonds. The number of nitrogens with one attached hydrogen (secondary N) is 2. The Kier molecular flexibility index (Phi) is 3.96. The molecule has 1 heterocycles. The number of carbonyl (C=O) groups is 1. The molecule has 18 heavy (non-hydrogen) atoms. The van der Waals surface area contributed by atoms with Gasteiger partial charge in [0.05, 0.1) is 18.0 Å². The van der Waals surface area contributed by atoms with Crippen molar-refractivity contribution in [2.75, 3.05) is 6.54 Å². The Bertz CT molecular complexity index is 478. The summed E-state index contributed by atoms with van der Waals surface area (Å²) in [5, 5.41) is 14.7. The Labute approximate surface area is 107 Å². The van der Waals surface area contributed by atoms with Crippen LogP contribution in [0.3, 0.4) is 0 Å². The van der Waals surface area contributed by atoms with Crippen molar-refractivity contribution in [1.82, 2.24) is 10.6 Å². The number of amides is 1. The van der Waals surface area contributed by atoms with E-state index in [-0.39, 0.29) is 17.9 Å². The zero-order valence-electron chi connectivity index (χ0n) is 10.4. The van der Waals surface area contributed by atoms with E-state index in [0.29, 0.717) is 13.0 Å². The molecule has 1 aromatic rings. The molecule has 4 nitrogen and oxygen atoms in total. The van der Waals surface area contributed by atoms with Gasteiger partial charge < -0.3 is 10.6 Å². The number of carbonyl (C=O) groups excluding carboxylic acids is 1. The minimum absolute atomic E-state index is 0.0217. The molecular weight excluding hydrogens is 226 g/mol. The molecule has 1 unspecified atom stereocenters. The summed E-state index contributed by atoms with van der Waals surface area (Å²) in [4.78, 5) is 11.9. The van der Waals surface area contributed by atoms with E-state index in [1.807, 2.05) is 12.1 Å². The molecule has 0 aromatic heterocycles. The normalized spacial score (nSPS) is 19.4. The maximum atomic E-state index is 11.9. The number of nitriles is 1. The van der Waals surface area contributed by atoms with Crippen molar-refractivity contribution in [3.63, 3.8) is 0 Å². The van der Waals surface area contributed by atoms with Gasteiger partial charge in [0.1, 0.15) is 0 Å². The third kappa shape index (κ3) is 2.88. The molecule has 0 saturated heterocycles. The molecule has 1 aliphatic rings. The highest BCUT2D eigenvalue weighted by Crippen LogP contribution is 2.16. The van der Waals surface area contributed by atoms with Crippen LogP contribution in [-0.4, -0.2) is 18.5 Å². The van der Waals surface area contributed by atoms with Crippen molar-refractivity contribution in [2.45, 2.75) is 25.9 Å². The lowest BCUT2D eigenvalue weighted by Gasteiger charge is -2.25. The minimum Gasteiger partial charge on any atom is -0.353 e. The summed E-state index contributed by atoms with van der Waals surface area (Å²) in [7, 11) is 0. The Morgan fingerprint density at radius 3 is 3.00 bits per heavy atom. The number of nitrogens with zero attached hydrogens (tertiary/aromatic N) is 1. The number of rotatable bonds is 3. The summed E-state index contributed by atoms with van der Waals surface area (Å²) in [6.45, 7) is 2.93. The Hall–Kier alpha value is -1.86. The van der Waals surface area contributed by atoms with E-state index in [9.17, 15) is 4.79 Å². The molecule has 2 rings (SSSR count). The third-order valence-corrected chi connectivity index (χ3v) is 3.20. The van der Waals surface area contributed by atoms with Gasteiger partial charge in [-0.1, -0.05) is 24.3 Å². The van der Waals surface area contributed by atoms with Crippen LogP contribution in [0.1, 0.15) is 18.1 Å². The highest BCUT2D eigenvalue weighted by Gasteiger charge is 2.23. The van der Waals surface area contributed by atoms with Crippen molar-refractivity contribution in [3.8, 4) is 6.07 Å². The van der Waals surface area contributed by atoms with E-state index in [2.05, 4.69) is 28.8 Å². The van der Waals surface area contributed by atoms with Gasteiger partial charge in [0.25, 0.3) is 0 Å². The van der Waals surface area contributed by atoms with Crippen LogP contribution in [0.5, 0.6) is 0 Å². The van der Waals surface area contributed by atoms with E-state index in [1.54, 1.807) is 6.92 Å². The first-order valence-electron chi connectivity index (χ1n) is 6.18. The zero-order valence-corrected chi connectivity index (χ0v) is 10.4. The van der Waals surface area contributed by atoms with Crippen molar-refractivity contribution < 1.29 is 4.79 Å². The summed E-state index contributed by atoms with van der Waals surface area (Å²) < 4.78 is 0. The van der Waals surface area contributed by atoms with Gasteiger partial charge in [0.15, 0.2) is 0 Å². The standard InChI is InChI=1S/C14H17N3O/c1-10(7-15)8-17-14(18)13-6-11-4-2-3-5-12(11)9-16-13/h2-5,10,13,16H,6,8-9H2,1H3,(H,17,18)/t10?,13-/m0/s1. The predicted molar refractivity (Wildman–Crippen MR) is 68.6 cm³/mol. The molecule has 0 aliphatic carbocycles. The number of benzene rings is 1. The molecule has 2 N–H and O–H groups in total. The lowest BCUT2D eigenvalue weighted by Crippen LogP contribution is -2.48. The van der Waals surface area contributed by atoms with Gasteiger partial charge in [-0.05, 0) is 24.5 Å². The Balaban J connectivity index is 1.93. The minimum atomic E-state index is -0.189. The first-order chi connectivity index (χ1) is 8.70. The maximum absolute atomic E-state index is 11.9. The van der Waals surface area contributed by atoms with Gasteiger partial charge in [-0.25, -0.2) is 0 Å². The second-order valence-corrected chi connectivity index (χ2v) is 4.68. The molecule has 1 aromatic carbocycles. The fourth-order valence-electron chi connectivity index (χ4n) is 2.06. The SMILES string of the molecule is CC(C#N)CNC(=O)[C@@H]1Cc2ccccc2CN1. The van der Waals surface area contributed by atoms with E-state index < -0.39 is 0 Å². The summed E-state index contributed by atoms with van der Waals surface area (Å²) >= 11 is 0. The van der Waals surface area contributed by atoms with Crippen LogP contribution in [0, 0.1) is 17.2 Å². The molecule has 0 saturated carbocycles. The lowest BCUT2D eigenvalue weighted by atomic mass is 9.95. The number of hydrogen-bond acceptors (Lipinski definition) is 3. The van der Waals surface area contributed by atoms with Crippen LogP contribution in [-0.2, 0) is 17.8 Å². The largest absolute Gasteiger partial charge is 0.353 e. The fraction of sp³-hybridized carbons (Fsp3) is 0.429. The van der Waals surface area contributed by atoms with Crippen LogP contribution in [0.4, 0.5) is 0 Å². The molecule has 4 heteroatoms. The van der Waals surface area contributed by atoms with Gasteiger partial charge in [-0.3, -0.25) is 4.79 Å². The number of fused-ring (bicyclic) bond motifs is 1. The molecule has 2 atom stereocenters. The van der Waals surface area contributed by atoms with Crippen LogP contribution in [0.2, 0.25) is 0 Å². The summed E-state index contributed by atoms with van der Waals surface area (Å²) in [6, 6.07) is 10.1. The number of hydrogen-bond donors (Lipinski definition) is 2. The van der Waals surface area contributed by atoms with Gasteiger partial charge in [-0.2, -0.15) is 5.26 Å². The topological polar surface area (TPSA) is 64.9 Å². The molecule has 0 radical (unpaired) electrons. The highest BCUT2D eigenvalue weighted by molar-refractivity contribution is 5.82. The monoisotopic (exact) mass is 243 g/mol. The van der Waals surface area contributed by atoms with Crippen molar-refractivity contribution >= 4 is 5.91 Å². The maximum Gasteiger partial charge on any atom is 0.237 e. The average molecular weight is 243 g/mol. The molecule has 0 bridgehead atoms.